The van der Waals surface area contributed by atoms with Crippen molar-refractivity contribution in [1.29, 1.82) is 0 Å². The maximum Gasteiger partial charge on any atom is 0.472 e. The first kappa shape index (κ1) is 57.5. The molecule has 9 nitrogen and oxygen atoms in total. The molecule has 59 heavy (non-hydrogen) atoms. The number of carbonyl (C=O) groups excluding carboxylic acids is 2. The molecule has 2 atom stereocenters. The first-order chi connectivity index (χ1) is 28.5. The Bertz CT molecular complexity index is 1060. The summed E-state index contributed by atoms with van der Waals surface area (Å²) in [6.45, 7) is 4.42. The lowest BCUT2D eigenvalue weighted by Gasteiger charge is -2.24. The Kier molecular flexibility index (Phi) is 40.8. The van der Waals surface area contributed by atoms with E-state index in [2.05, 4.69) is 38.2 Å². The minimum absolute atomic E-state index is 0.0320. The smallest absolute Gasteiger partial charge is 0.462 e. The second-order valence-electron chi connectivity index (χ2n) is 17.9. The minimum Gasteiger partial charge on any atom is -0.462 e. The van der Waals surface area contributed by atoms with Gasteiger partial charge in [0.15, 0.2) is 6.10 Å². The Morgan fingerprint density at radius 2 is 0.915 bits per heavy atom. The average Bonchev–Trinajstić information content (AvgIpc) is 3.19. The molecule has 0 saturated heterocycles. The fraction of sp³-hybridized carbons (Fsp3) is 0.878. The highest BCUT2D eigenvalue weighted by Gasteiger charge is 2.27. The van der Waals surface area contributed by atoms with Crippen molar-refractivity contribution in [3.05, 3.63) is 24.3 Å². The SMILES string of the molecule is CCCCC/C=C\C/C=C\CCCCCCCCCC(=O)O[C@H](COC(=O)CCCCCCCCCCCCCCCCCCCC)COP(=O)(O)OCC[N+](C)(C)C. The third-order valence-electron chi connectivity index (χ3n) is 10.7. The van der Waals surface area contributed by atoms with Crippen molar-refractivity contribution in [3.63, 3.8) is 0 Å². The van der Waals surface area contributed by atoms with E-state index < -0.39 is 26.5 Å². The monoisotopic (exact) mass is 857 g/mol. The number of hydrogen-bond acceptors (Lipinski definition) is 7. The third kappa shape index (κ3) is 45.8. The van der Waals surface area contributed by atoms with Crippen LogP contribution in [0.4, 0.5) is 0 Å². The summed E-state index contributed by atoms with van der Waals surface area (Å²) in [6.07, 6.45) is 46.5. The molecule has 0 aliphatic heterocycles. The molecule has 0 aliphatic rings. The zero-order valence-corrected chi connectivity index (χ0v) is 40.1. The van der Waals surface area contributed by atoms with Gasteiger partial charge in [-0.15, -0.1) is 0 Å². The first-order valence-corrected chi connectivity index (χ1v) is 26.1. The number of ether oxygens (including phenoxy) is 2. The number of likely N-dealkylation sites (N-methyl/N-ethyl adjacent to an activating group) is 1. The summed E-state index contributed by atoms with van der Waals surface area (Å²) in [6, 6.07) is 0. The van der Waals surface area contributed by atoms with E-state index in [1.807, 2.05) is 21.1 Å². The zero-order valence-electron chi connectivity index (χ0n) is 39.2. The summed E-state index contributed by atoms with van der Waals surface area (Å²) in [7, 11) is 1.48. The Hall–Kier alpha value is -1.51. The van der Waals surface area contributed by atoms with Gasteiger partial charge < -0.3 is 18.9 Å². The maximum absolute atomic E-state index is 12.7. The van der Waals surface area contributed by atoms with Gasteiger partial charge in [-0.3, -0.25) is 18.6 Å². The number of unbranched alkanes of at least 4 members (excludes halogenated alkanes) is 27. The highest BCUT2D eigenvalue weighted by atomic mass is 31.2. The van der Waals surface area contributed by atoms with E-state index in [1.165, 1.54) is 141 Å². The summed E-state index contributed by atoms with van der Waals surface area (Å²) >= 11 is 0. The predicted molar refractivity (Wildman–Crippen MR) is 247 cm³/mol. The van der Waals surface area contributed by atoms with Gasteiger partial charge in [0.2, 0.25) is 0 Å². The molecular weight excluding hydrogens is 762 g/mol. The highest BCUT2D eigenvalue weighted by molar-refractivity contribution is 7.47. The number of rotatable bonds is 45. The van der Waals surface area contributed by atoms with Crippen molar-refractivity contribution < 1.29 is 42.1 Å². The van der Waals surface area contributed by atoms with Gasteiger partial charge in [0, 0.05) is 12.8 Å². The molecule has 10 heteroatoms. The number of carbonyl (C=O) groups is 2. The molecule has 0 aromatic carbocycles. The summed E-state index contributed by atoms with van der Waals surface area (Å²) in [4.78, 5) is 35.5. The molecule has 1 unspecified atom stereocenters. The normalized spacial score (nSPS) is 13.7. The van der Waals surface area contributed by atoms with Crippen LogP contribution in [0.25, 0.3) is 0 Å². The fourth-order valence-electron chi connectivity index (χ4n) is 6.87. The number of quaternary nitrogens is 1. The molecule has 1 N–H and O–H groups in total. The predicted octanol–water partition coefficient (Wildman–Crippen LogP) is 14.3. The van der Waals surface area contributed by atoms with E-state index in [0.29, 0.717) is 23.9 Å². The van der Waals surface area contributed by atoms with E-state index in [0.717, 1.165) is 51.4 Å². The lowest BCUT2D eigenvalue weighted by Crippen LogP contribution is -2.37. The van der Waals surface area contributed by atoms with Crippen LogP contribution in [0.1, 0.15) is 226 Å². The molecule has 0 rings (SSSR count). The summed E-state index contributed by atoms with van der Waals surface area (Å²) in [5, 5.41) is 0. The second-order valence-corrected chi connectivity index (χ2v) is 19.3. The first-order valence-electron chi connectivity index (χ1n) is 24.6. The van der Waals surface area contributed by atoms with Crippen molar-refractivity contribution >= 4 is 19.8 Å². The number of phosphoric ester groups is 1. The van der Waals surface area contributed by atoms with E-state index in [1.54, 1.807) is 0 Å². The Balaban J connectivity index is 4.27. The van der Waals surface area contributed by atoms with Crippen LogP contribution in [0.3, 0.4) is 0 Å². The van der Waals surface area contributed by atoms with Gasteiger partial charge >= 0.3 is 19.8 Å². The molecule has 0 spiro atoms. The minimum atomic E-state index is -4.38. The largest absolute Gasteiger partial charge is 0.472 e. The molecule has 348 valence electrons. The van der Waals surface area contributed by atoms with Crippen molar-refractivity contribution in [2.24, 2.45) is 0 Å². The number of allylic oxidation sites excluding steroid dienone is 4. The zero-order chi connectivity index (χ0) is 43.6. The van der Waals surface area contributed by atoms with Crippen LogP contribution < -0.4 is 0 Å². The van der Waals surface area contributed by atoms with Crippen LogP contribution >= 0.6 is 7.82 Å². The lowest BCUT2D eigenvalue weighted by molar-refractivity contribution is -0.870. The molecular formula is C49H95NO8P+. The Morgan fingerprint density at radius 3 is 1.37 bits per heavy atom. The second kappa shape index (κ2) is 41.8. The van der Waals surface area contributed by atoms with E-state index in [-0.39, 0.29) is 25.6 Å². The van der Waals surface area contributed by atoms with Crippen molar-refractivity contribution in [2.45, 2.75) is 232 Å². The van der Waals surface area contributed by atoms with Crippen LogP contribution in [-0.2, 0) is 32.7 Å². The Labute approximate surface area is 364 Å². The van der Waals surface area contributed by atoms with Crippen molar-refractivity contribution in [3.8, 4) is 0 Å². The fourth-order valence-corrected chi connectivity index (χ4v) is 7.61. The number of esters is 2. The summed E-state index contributed by atoms with van der Waals surface area (Å²) in [5.74, 6) is -0.797. The number of phosphoric acid groups is 1. The molecule has 0 aliphatic carbocycles. The van der Waals surface area contributed by atoms with Crippen LogP contribution in [0.5, 0.6) is 0 Å². The van der Waals surface area contributed by atoms with Crippen LogP contribution in [0, 0.1) is 0 Å². The molecule has 0 radical (unpaired) electrons. The Morgan fingerprint density at radius 1 is 0.525 bits per heavy atom. The number of nitrogens with zero attached hydrogens (tertiary/aromatic N) is 1. The molecule has 0 heterocycles. The molecule has 0 bridgehead atoms. The quantitative estimate of drug-likeness (QED) is 0.0212. The molecule has 0 fully saturated rings. The molecule has 0 amide bonds. The number of hydrogen-bond donors (Lipinski definition) is 1. The van der Waals surface area contributed by atoms with Gasteiger partial charge in [-0.2, -0.15) is 0 Å². The molecule has 0 aromatic heterocycles. The van der Waals surface area contributed by atoms with E-state index in [4.69, 9.17) is 18.5 Å². The van der Waals surface area contributed by atoms with Gasteiger partial charge in [0.1, 0.15) is 19.8 Å². The van der Waals surface area contributed by atoms with Crippen molar-refractivity contribution in [2.75, 3.05) is 47.5 Å². The van der Waals surface area contributed by atoms with Gasteiger partial charge in [0.25, 0.3) is 0 Å². The van der Waals surface area contributed by atoms with Crippen LogP contribution in [-0.4, -0.2) is 74.9 Å². The van der Waals surface area contributed by atoms with Gasteiger partial charge in [-0.05, 0) is 44.9 Å². The van der Waals surface area contributed by atoms with Crippen LogP contribution in [0.2, 0.25) is 0 Å². The average molecular weight is 857 g/mol. The van der Waals surface area contributed by atoms with Crippen molar-refractivity contribution in [1.82, 2.24) is 0 Å². The summed E-state index contributed by atoms with van der Waals surface area (Å²) in [5.41, 5.74) is 0. The maximum atomic E-state index is 12.7. The van der Waals surface area contributed by atoms with E-state index >= 15 is 0 Å². The van der Waals surface area contributed by atoms with Crippen LogP contribution in [0.15, 0.2) is 24.3 Å². The molecule has 0 aromatic rings. The topological polar surface area (TPSA) is 108 Å². The highest BCUT2D eigenvalue weighted by Crippen LogP contribution is 2.43. The van der Waals surface area contributed by atoms with Gasteiger partial charge in [-0.1, -0.05) is 192 Å². The summed E-state index contributed by atoms with van der Waals surface area (Å²) < 4.78 is 34.4. The standard InChI is InChI=1S/C49H94NO8P/c1-6-8-10-12-14-16-18-20-22-24-26-27-29-31-33-35-37-39-41-48(51)55-45-47(46-57-59(53,54)56-44-43-50(3,4)5)58-49(52)42-40-38-36-34-32-30-28-25-23-21-19-17-15-13-11-9-7-2/h15,17,21,23,47H,6-14,16,18-20,22,24-46H2,1-5H3/p+1/b17-15-,23-21-/t47-/m1/s1. The third-order valence-corrected chi connectivity index (χ3v) is 11.7. The molecule has 0 saturated carbocycles. The van der Waals surface area contributed by atoms with E-state index in [9.17, 15) is 19.0 Å². The van der Waals surface area contributed by atoms with Gasteiger partial charge in [-0.25, -0.2) is 4.57 Å². The van der Waals surface area contributed by atoms with Gasteiger partial charge in [0.05, 0.1) is 27.7 Å². The lowest BCUT2D eigenvalue weighted by atomic mass is 10.0.